The van der Waals surface area contributed by atoms with E-state index >= 15 is 0 Å². The molecule has 0 bridgehead atoms. The van der Waals surface area contributed by atoms with Crippen LogP contribution in [0.3, 0.4) is 0 Å². The van der Waals surface area contributed by atoms with Crippen molar-refractivity contribution in [2.45, 2.75) is 0 Å². The highest BCUT2D eigenvalue weighted by atomic mass is 32.1. The molecule has 4 heteroatoms. The van der Waals surface area contributed by atoms with Gasteiger partial charge in [0.1, 0.15) is 0 Å². The minimum Gasteiger partial charge on any atom is -0.253 e. The Morgan fingerprint density at radius 3 is 2.58 bits per heavy atom. The molecule has 4 aromatic rings. The number of hydrogen-bond donors (Lipinski definition) is 1. The Morgan fingerprint density at radius 2 is 1.67 bits per heavy atom. The minimum absolute atomic E-state index is 0.783. The van der Waals surface area contributed by atoms with E-state index in [9.17, 15) is 0 Å². The van der Waals surface area contributed by atoms with Gasteiger partial charge in [-0.2, -0.15) is 5.10 Å². The lowest BCUT2D eigenvalue weighted by molar-refractivity contribution is 1.29. The molecule has 0 amide bonds. The van der Waals surface area contributed by atoms with Gasteiger partial charge in [-0.15, -0.1) is 11.3 Å². The van der Waals surface area contributed by atoms with Crippen LogP contribution in [0.5, 0.6) is 0 Å². The van der Waals surface area contributed by atoms with E-state index in [1.54, 1.807) is 11.3 Å². The number of benzene rings is 3. The number of hydrogen-bond acceptors (Lipinski definition) is 4. The van der Waals surface area contributed by atoms with Crippen molar-refractivity contribution in [3.05, 3.63) is 83.7 Å². The fourth-order valence-electron chi connectivity index (χ4n) is 2.59. The van der Waals surface area contributed by atoms with Crippen molar-refractivity contribution in [3.63, 3.8) is 0 Å². The number of aromatic nitrogens is 1. The zero-order valence-electron chi connectivity index (χ0n) is 12.9. The van der Waals surface area contributed by atoms with Crippen LogP contribution in [0.2, 0.25) is 0 Å². The van der Waals surface area contributed by atoms with Crippen LogP contribution in [-0.4, -0.2) is 11.2 Å². The summed E-state index contributed by atoms with van der Waals surface area (Å²) in [7, 11) is 0. The minimum atomic E-state index is 0.783. The van der Waals surface area contributed by atoms with E-state index in [0.717, 1.165) is 22.0 Å². The van der Waals surface area contributed by atoms with E-state index in [2.05, 4.69) is 51.9 Å². The Hall–Kier alpha value is -2.98. The number of hydrazone groups is 1. The first kappa shape index (κ1) is 14.6. The maximum atomic E-state index is 4.57. The lowest BCUT2D eigenvalue weighted by Gasteiger charge is -2.01. The highest BCUT2D eigenvalue weighted by molar-refractivity contribution is 7.14. The fraction of sp³-hybridized carbons (Fsp3) is 0. The number of thiazole rings is 1. The third-order valence-corrected chi connectivity index (χ3v) is 4.51. The summed E-state index contributed by atoms with van der Waals surface area (Å²) in [5.74, 6) is 0. The molecule has 4 rings (SSSR count). The number of rotatable bonds is 4. The highest BCUT2D eigenvalue weighted by Crippen LogP contribution is 2.24. The Bertz CT molecular complexity index is 985. The van der Waals surface area contributed by atoms with Crippen LogP contribution in [-0.2, 0) is 0 Å². The number of anilines is 1. The molecule has 0 atom stereocenters. The van der Waals surface area contributed by atoms with Gasteiger partial charge in [0.25, 0.3) is 0 Å². The standard InChI is InChI=1S/C20H15N3S/c1-2-8-16(9-3-1)19-14-24-20(22-19)23-21-13-17-11-6-10-15-7-4-5-12-18(15)17/h1-14H,(H,22,23)/b21-13+. The van der Waals surface area contributed by atoms with Gasteiger partial charge >= 0.3 is 0 Å². The predicted octanol–water partition coefficient (Wildman–Crippen LogP) is 5.41. The maximum absolute atomic E-state index is 4.57. The van der Waals surface area contributed by atoms with Crippen molar-refractivity contribution < 1.29 is 0 Å². The van der Waals surface area contributed by atoms with Crippen LogP contribution >= 0.6 is 11.3 Å². The molecule has 0 saturated heterocycles. The van der Waals surface area contributed by atoms with Gasteiger partial charge < -0.3 is 0 Å². The highest BCUT2D eigenvalue weighted by Gasteiger charge is 2.03. The second kappa shape index (κ2) is 6.64. The molecular formula is C20H15N3S. The van der Waals surface area contributed by atoms with Crippen LogP contribution in [0.4, 0.5) is 5.13 Å². The first-order valence-electron chi connectivity index (χ1n) is 7.68. The number of nitrogens with one attached hydrogen (secondary N) is 1. The second-order valence-corrected chi connectivity index (χ2v) is 6.20. The van der Waals surface area contributed by atoms with Crippen molar-refractivity contribution in [3.8, 4) is 11.3 Å². The zero-order chi connectivity index (χ0) is 16.2. The predicted molar refractivity (Wildman–Crippen MR) is 103 cm³/mol. The molecule has 3 nitrogen and oxygen atoms in total. The van der Waals surface area contributed by atoms with Gasteiger partial charge in [-0.3, -0.25) is 5.43 Å². The molecule has 0 fully saturated rings. The average Bonchev–Trinajstić information content (AvgIpc) is 3.12. The molecule has 1 aromatic heterocycles. The lowest BCUT2D eigenvalue weighted by atomic mass is 10.1. The van der Waals surface area contributed by atoms with Crippen LogP contribution in [0.1, 0.15) is 5.56 Å². The lowest BCUT2D eigenvalue weighted by Crippen LogP contribution is -1.91. The van der Waals surface area contributed by atoms with Gasteiger partial charge in [0.2, 0.25) is 5.13 Å². The summed E-state index contributed by atoms with van der Waals surface area (Å²) in [4.78, 5) is 4.57. The van der Waals surface area contributed by atoms with Gasteiger partial charge in [0.15, 0.2) is 0 Å². The topological polar surface area (TPSA) is 37.3 Å². The monoisotopic (exact) mass is 329 g/mol. The third kappa shape index (κ3) is 3.05. The first-order valence-corrected chi connectivity index (χ1v) is 8.56. The zero-order valence-corrected chi connectivity index (χ0v) is 13.7. The summed E-state index contributed by atoms with van der Waals surface area (Å²) in [6, 6.07) is 24.6. The smallest absolute Gasteiger partial charge is 0.203 e. The molecule has 0 unspecified atom stereocenters. The van der Waals surface area contributed by atoms with E-state index in [0.29, 0.717) is 0 Å². The van der Waals surface area contributed by atoms with Crippen LogP contribution < -0.4 is 5.43 Å². The van der Waals surface area contributed by atoms with Gasteiger partial charge in [-0.1, -0.05) is 72.8 Å². The van der Waals surface area contributed by atoms with Crippen molar-refractivity contribution in [2.75, 3.05) is 5.43 Å². The summed E-state index contributed by atoms with van der Waals surface area (Å²) in [6.45, 7) is 0. The second-order valence-electron chi connectivity index (χ2n) is 5.34. The Balaban J connectivity index is 1.52. The molecule has 1 N–H and O–H groups in total. The summed E-state index contributed by atoms with van der Waals surface area (Å²) < 4.78 is 0. The van der Waals surface area contributed by atoms with Crippen LogP contribution in [0, 0.1) is 0 Å². The van der Waals surface area contributed by atoms with Crippen molar-refractivity contribution in [1.82, 2.24) is 4.98 Å². The molecule has 24 heavy (non-hydrogen) atoms. The SMILES string of the molecule is C(=N\Nc1nc(-c2ccccc2)cs1)/c1cccc2ccccc12. The molecule has 0 aliphatic rings. The van der Waals surface area contributed by atoms with Crippen LogP contribution in [0.25, 0.3) is 22.0 Å². The van der Waals surface area contributed by atoms with E-state index in [-0.39, 0.29) is 0 Å². The molecule has 0 radical (unpaired) electrons. The third-order valence-electron chi connectivity index (χ3n) is 3.76. The number of nitrogens with zero attached hydrogens (tertiary/aromatic N) is 2. The fourth-order valence-corrected chi connectivity index (χ4v) is 3.26. The number of fused-ring (bicyclic) bond motifs is 1. The molecule has 0 aliphatic heterocycles. The van der Waals surface area contributed by atoms with Crippen molar-refractivity contribution in [2.24, 2.45) is 5.10 Å². The average molecular weight is 329 g/mol. The molecule has 3 aromatic carbocycles. The molecule has 0 aliphatic carbocycles. The Labute approximate surface area is 144 Å². The maximum Gasteiger partial charge on any atom is 0.203 e. The quantitative estimate of drug-likeness (QED) is 0.401. The summed E-state index contributed by atoms with van der Waals surface area (Å²) in [5, 5.41) is 9.56. The Kier molecular flexibility index (Phi) is 4.04. The molecule has 0 saturated carbocycles. The molecule has 116 valence electrons. The van der Waals surface area contributed by atoms with Crippen LogP contribution in [0.15, 0.2) is 83.3 Å². The molecule has 0 spiro atoms. The van der Waals surface area contributed by atoms with Gasteiger partial charge in [0.05, 0.1) is 11.9 Å². The molecule has 1 heterocycles. The normalized spacial score (nSPS) is 11.2. The largest absolute Gasteiger partial charge is 0.253 e. The van der Waals surface area contributed by atoms with Crippen molar-refractivity contribution >= 4 is 33.5 Å². The van der Waals surface area contributed by atoms with Crippen molar-refractivity contribution in [1.29, 1.82) is 0 Å². The Morgan fingerprint density at radius 1 is 0.875 bits per heavy atom. The summed E-state index contributed by atoms with van der Waals surface area (Å²) in [6.07, 6.45) is 1.84. The van der Waals surface area contributed by atoms with Gasteiger partial charge in [-0.25, -0.2) is 4.98 Å². The van der Waals surface area contributed by atoms with E-state index in [4.69, 9.17) is 0 Å². The van der Waals surface area contributed by atoms with Gasteiger partial charge in [-0.05, 0) is 10.8 Å². The summed E-state index contributed by atoms with van der Waals surface area (Å²) >= 11 is 1.55. The van der Waals surface area contributed by atoms with Gasteiger partial charge in [0, 0.05) is 16.5 Å². The summed E-state index contributed by atoms with van der Waals surface area (Å²) in [5.41, 5.74) is 6.18. The van der Waals surface area contributed by atoms with E-state index in [1.807, 2.05) is 48.0 Å². The van der Waals surface area contributed by atoms with E-state index < -0.39 is 0 Å². The van der Waals surface area contributed by atoms with E-state index in [1.165, 1.54) is 10.8 Å². The first-order chi connectivity index (χ1) is 11.9. The molecular weight excluding hydrogens is 314 g/mol.